The Morgan fingerprint density at radius 1 is 1.24 bits per heavy atom. The highest BCUT2D eigenvalue weighted by Gasteiger charge is 2.27. The summed E-state index contributed by atoms with van der Waals surface area (Å²) in [5, 5.41) is 9.29. The maximum Gasteiger partial charge on any atom is 0.336 e. The molecule has 0 amide bonds. The van der Waals surface area contributed by atoms with E-state index in [1.165, 1.54) is 0 Å². The minimum Gasteiger partial charge on any atom is -0.478 e. The van der Waals surface area contributed by atoms with Crippen molar-refractivity contribution >= 4 is 5.97 Å². The molecule has 108 valence electrons. The lowest BCUT2D eigenvalue weighted by atomic mass is 10.1. The zero-order chi connectivity index (χ0) is 14.7. The molecule has 1 aliphatic rings. The Kier molecular flexibility index (Phi) is 3.97. The predicted octanol–water partition coefficient (Wildman–Crippen LogP) is 3.12. The number of aromatic nitrogens is 1. The number of carbonyl (C=O) groups is 1. The van der Waals surface area contributed by atoms with Crippen molar-refractivity contribution in [3.05, 3.63) is 65.5 Å². The second-order valence-corrected chi connectivity index (χ2v) is 5.35. The molecule has 1 fully saturated rings. The molecule has 0 aliphatic carbocycles. The molecule has 1 saturated heterocycles. The van der Waals surface area contributed by atoms with Crippen LogP contribution < -0.4 is 0 Å². The molecule has 21 heavy (non-hydrogen) atoms. The van der Waals surface area contributed by atoms with Crippen LogP contribution in [0.1, 0.15) is 40.5 Å². The second-order valence-electron chi connectivity index (χ2n) is 5.35. The highest BCUT2D eigenvalue weighted by atomic mass is 16.4. The van der Waals surface area contributed by atoms with Gasteiger partial charge in [0.1, 0.15) is 0 Å². The lowest BCUT2D eigenvalue weighted by Crippen LogP contribution is -2.24. The van der Waals surface area contributed by atoms with Crippen LogP contribution >= 0.6 is 0 Å². The van der Waals surface area contributed by atoms with Gasteiger partial charge in [-0.2, -0.15) is 0 Å². The minimum atomic E-state index is -0.862. The number of carboxylic acids is 1. The Balaban J connectivity index is 1.83. The van der Waals surface area contributed by atoms with Gasteiger partial charge in [0, 0.05) is 12.7 Å². The summed E-state index contributed by atoms with van der Waals surface area (Å²) in [6, 6.07) is 13.5. The fraction of sp³-hybridized carbons (Fsp3) is 0.294. The molecule has 1 aromatic carbocycles. The smallest absolute Gasteiger partial charge is 0.336 e. The molecule has 4 nitrogen and oxygen atoms in total. The van der Waals surface area contributed by atoms with E-state index in [4.69, 9.17) is 0 Å². The molecule has 4 heteroatoms. The third-order valence-electron chi connectivity index (χ3n) is 4.01. The Bertz CT molecular complexity index is 628. The summed E-state index contributed by atoms with van der Waals surface area (Å²) >= 11 is 0. The van der Waals surface area contributed by atoms with Crippen LogP contribution in [0.5, 0.6) is 0 Å². The number of benzene rings is 1. The van der Waals surface area contributed by atoms with Gasteiger partial charge in [0.2, 0.25) is 0 Å². The number of carboxylic acid groups (broad SMARTS) is 1. The molecule has 0 unspecified atom stereocenters. The summed E-state index contributed by atoms with van der Waals surface area (Å²) in [7, 11) is 0. The first-order chi connectivity index (χ1) is 10.3. The average molecular weight is 282 g/mol. The van der Waals surface area contributed by atoms with Gasteiger partial charge >= 0.3 is 5.97 Å². The summed E-state index contributed by atoms with van der Waals surface area (Å²) in [6.07, 6.45) is 4.01. The van der Waals surface area contributed by atoms with Crippen LogP contribution in [0.4, 0.5) is 0 Å². The van der Waals surface area contributed by atoms with Crippen molar-refractivity contribution < 1.29 is 9.90 Å². The van der Waals surface area contributed by atoms with Gasteiger partial charge in [-0.05, 0) is 43.1 Å². The van der Waals surface area contributed by atoms with Gasteiger partial charge in [-0.1, -0.05) is 24.3 Å². The van der Waals surface area contributed by atoms with Crippen molar-refractivity contribution in [2.75, 3.05) is 6.54 Å². The van der Waals surface area contributed by atoms with Crippen LogP contribution in [-0.4, -0.2) is 27.5 Å². The van der Waals surface area contributed by atoms with Crippen molar-refractivity contribution in [2.24, 2.45) is 0 Å². The van der Waals surface area contributed by atoms with E-state index < -0.39 is 5.97 Å². The lowest BCUT2D eigenvalue weighted by Gasteiger charge is -2.24. The fourth-order valence-corrected chi connectivity index (χ4v) is 3.01. The first-order valence-electron chi connectivity index (χ1n) is 7.22. The van der Waals surface area contributed by atoms with Gasteiger partial charge in [-0.15, -0.1) is 0 Å². The molecule has 1 aliphatic heterocycles. The molecule has 0 bridgehead atoms. The average Bonchev–Trinajstić information content (AvgIpc) is 2.96. The van der Waals surface area contributed by atoms with Crippen LogP contribution in [-0.2, 0) is 6.54 Å². The first-order valence-corrected chi connectivity index (χ1v) is 7.22. The zero-order valence-corrected chi connectivity index (χ0v) is 11.8. The number of aromatic carboxylic acids is 1. The number of nitrogens with zero attached hydrogens (tertiary/aromatic N) is 2. The topological polar surface area (TPSA) is 53.4 Å². The number of likely N-dealkylation sites (tertiary alicyclic amines) is 1. The van der Waals surface area contributed by atoms with E-state index in [9.17, 15) is 9.90 Å². The van der Waals surface area contributed by atoms with Gasteiger partial charge in [-0.3, -0.25) is 9.88 Å². The van der Waals surface area contributed by atoms with Gasteiger partial charge in [-0.25, -0.2) is 4.79 Å². The monoisotopic (exact) mass is 282 g/mol. The van der Waals surface area contributed by atoms with Crippen LogP contribution in [0, 0.1) is 0 Å². The highest BCUT2D eigenvalue weighted by Crippen LogP contribution is 2.32. The zero-order valence-electron chi connectivity index (χ0n) is 11.8. The number of rotatable bonds is 4. The van der Waals surface area contributed by atoms with E-state index >= 15 is 0 Å². The molecule has 0 saturated carbocycles. The Morgan fingerprint density at radius 3 is 2.81 bits per heavy atom. The number of hydrogen-bond donors (Lipinski definition) is 1. The Morgan fingerprint density at radius 2 is 2.05 bits per heavy atom. The van der Waals surface area contributed by atoms with Crippen LogP contribution in [0.2, 0.25) is 0 Å². The molecule has 3 rings (SSSR count). The lowest BCUT2D eigenvalue weighted by molar-refractivity contribution is 0.0694. The summed E-state index contributed by atoms with van der Waals surface area (Å²) in [5.74, 6) is -0.862. The first kappa shape index (κ1) is 13.8. The normalized spacial score (nSPS) is 18.8. The standard InChI is InChI=1S/C17H18N2O2/c20-17(21)14-7-2-1-6-13(14)12-19-11-5-9-16(19)15-8-3-4-10-18-15/h1-4,6-8,10,16H,5,9,11-12H2,(H,20,21)/t16-/m0/s1. The third-order valence-corrected chi connectivity index (χ3v) is 4.01. The molecule has 2 aromatic rings. The maximum atomic E-state index is 11.3. The van der Waals surface area contributed by atoms with Crippen LogP contribution in [0.3, 0.4) is 0 Å². The Hall–Kier alpha value is -2.20. The minimum absolute atomic E-state index is 0.285. The molecular formula is C17H18N2O2. The number of pyridine rings is 1. The molecule has 0 radical (unpaired) electrons. The largest absolute Gasteiger partial charge is 0.478 e. The molecule has 2 heterocycles. The van der Waals surface area contributed by atoms with E-state index in [0.717, 1.165) is 30.6 Å². The summed E-state index contributed by atoms with van der Waals surface area (Å²) in [4.78, 5) is 18.1. The summed E-state index contributed by atoms with van der Waals surface area (Å²) in [6.45, 7) is 1.64. The maximum absolute atomic E-state index is 11.3. The van der Waals surface area contributed by atoms with E-state index in [1.807, 2.05) is 36.5 Å². The molecule has 0 spiro atoms. The van der Waals surface area contributed by atoms with Crippen LogP contribution in [0.25, 0.3) is 0 Å². The van der Waals surface area contributed by atoms with Gasteiger partial charge < -0.3 is 5.11 Å². The quantitative estimate of drug-likeness (QED) is 0.936. The van der Waals surface area contributed by atoms with Gasteiger partial charge in [0.05, 0.1) is 17.3 Å². The summed E-state index contributed by atoms with van der Waals surface area (Å²) < 4.78 is 0. The van der Waals surface area contributed by atoms with E-state index in [2.05, 4.69) is 9.88 Å². The molecule has 1 N–H and O–H groups in total. The van der Waals surface area contributed by atoms with Crippen molar-refractivity contribution in [1.29, 1.82) is 0 Å². The Labute approximate surface area is 124 Å². The van der Waals surface area contributed by atoms with Gasteiger partial charge in [0.15, 0.2) is 0 Å². The van der Waals surface area contributed by atoms with Crippen LogP contribution in [0.15, 0.2) is 48.7 Å². The van der Waals surface area contributed by atoms with Gasteiger partial charge in [0.25, 0.3) is 0 Å². The molecule has 1 aromatic heterocycles. The van der Waals surface area contributed by atoms with E-state index in [0.29, 0.717) is 12.1 Å². The van der Waals surface area contributed by atoms with Crippen molar-refractivity contribution in [3.8, 4) is 0 Å². The van der Waals surface area contributed by atoms with Crippen molar-refractivity contribution in [2.45, 2.75) is 25.4 Å². The molecular weight excluding hydrogens is 264 g/mol. The second kappa shape index (κ2) is 6.06. The van der Waals surface area contributed by atoms with E-state index in [1.54, 1.807) is 12.1 Å². The van der Waals surface area contributed by atoms with E-state index in [-0.39, 0.29) is 6.04 Å². The van der Waals surface area contributed by atoms with Crippen molar-refractivity contribution in [1.82, 2.24) is 9.88 Å². The predicted molar refractivity (Wildman–Crippen MR) is 80.0 cm³/mol. The fourth-order valence-electron chi connectivity index (χ4n) is 3.01. The third kappa shape index (κ3) is 2.95. The number of hydrogen-bond acceptors (Lipinski definition) is 3. The summed E-state index contributed by atoms with van der Waals surface area (Å²) in [5.41, 5.74) is 2.33. The molecule has 1 atom stereocenters. The highest BCUT2D eigenvalue weighted by molar-refractivity contribution is 5.89. The SMILES string of the molecule is O=C(O)c1ccccc1CN1CCC[C@H]1c1ccccn1. The van der Waals surface area contributed by atoms with Crippen molar-refractivity contribution in [3.63, 3.8) is 0 Å².